The molecule has 0 saturated carbocycles. The third-order valence-electron chi connectivity index (χ3n) is 5.19. The van der Waals surface area contributed by atoms with Gasteiger partial charge in [0, 0.05) is 25.7 Å². The van der Waals surface area contributed by atoms with E-state index in [1.54, 1.807) is 0 Å². The summed E-state index contributed by atoms with van der Waals surface area (Å²) in [6, 6.07) is 11.1. The van der Waals surface area contributed by atoms with Crippen LogP contribution in [-0.2, 0) is 12.6 Å². The van der Waals surface area contributed by atoms with Crippen LogP contribution in [0.15, 0.2) is 36.4 Å². The molecule has 0 unspecified atom stereocenters. The van der Waals surface area contributed by atoms with Crippen LogP contribution in [0.3, 0.4) is 0 Å². The number of hydrogen-bond donors (Lipinski definition) is 2. The molecule has 31 heavy (non-hydrogen) atoms. The molecule has 1 aromatic carbocycles. The van der Waals surface area contributed by atoms with Gasteiger partial charge in [0.15, 0.2) is 10.8 Å². The average molecular weight is 452 g/mol. The van der Waals surface area contributed by atoms with Gasteiger partial charge in [-0.15, -0.1) is 0 Å². The molecule has 1 fully saturated rings. The van der Waals surface area contributed by atoms with Crippen LogP contribution in [0.4, 0.5) is 24.9 Å². The quantitative estimate of drug-likeness (QED) is 0.482. The molecule has 2 aromatic rings. The molecule has 3 rings (SSSR count). The highest BCUT2D eigenvalue weighted by atomic mass is 32.1. The molecular weight excluding hydrogens is 423 g/mol. The monoisotopic (exact) mass is 451 g/mol. The van der Waals surface area contributed by atoms with E-state index in [9.17, 15) is 13.2 Å². The third-order valence-corrected chi connectivity index (χ3v) is 5.44. The van der Waals surface area contributed by atoms with Gasteiger partial charge in [-0.2, -0.15) is 18.2 Å². The standard InChI is InChI=1S/C22H28F3N5S/c1-15-11-16(2)14-30(13-15)19-12-18(22(23,24)25)27-20(28-19)29-21(31)26-10-6-9-17-7-4-3-5-8-17/h3-5,7-8,12,15-16H,6,9-11,13-14H2,1-2H3,(H2,26,27,28,29,31)/t15-,16-/m1/s1. The maximum absolute atomic E-state index is 13.4. The highest BCUT2D eigenvalue weighted by Gasteiger charge is 2.35. The predicted molar refractivity (Wildman–Crippen MR) is 121 cm³/mol. The number of alkyl halides is 3. The lowest BCUT2D eigenvalue weighted by Gasteiger charge is -2.36. The first kappa shape index (κ1) is 23.2. The molecule has 2 heterocycles. The molecule has 9 heteroatoms. The molecule has 2 N–H and O–H groups in total. The number of nitrogens with zero attached hydrogens (tertiary/aromatic N) is 3. The first-order valence-corrected chi connectivity index (χ1v) is 10.9. The van der Waals surface area contributed by atoms with Gasteiger partial charge in [-0.1, -0.05) is 44.2 Å². The van der Waals surface area contributed by atoms with Gasteiger partial charge < -0.3 is 15.5 Å². The molecule has 0 spiro atoms. The molecule has 0 aliphatic carbocycles. The van der Waals surface area contributed by atoms with E-state index in [4.69, 9.17) is 12.2 Å². The van der Waals surface area contributed by atoms with Crippen molar-refractivity contribution in [2.75, 3.05) is 29.9 Å². The highest BCUT2D eigenvalue weighted by Crippen LogP contribution is 2.32. The molecular formula is C22H28F3N5S. The van der Waals surface area contributed by atoms with E-state index in [0.29, 0.717) is 31.5 Å². The summed E-state index contributed by atoms with van der Waals surface area (Å²) in [4.78, 5) is 9.88. The van der Waals surface area contributed by atoms with Crippen molar-refractivity contribution >= 4 is 29.1 Å². The van der Waals surface area contributed by atoms with E-state index in [0.717, 1.165) is 25.3 Å². The van der Waals surface area contributed by atoms with Gasteiger partial charge in [0.1, 0.15) is 5.82 Å². The number of aromatic nitrogens is 2. The van der Waals surface area contributed by atoms with Crippen LogP contribution in [0, 0.1) is 11.8 Å². The zero-order valence-electron chi connectivity index (χ0n) is 17.7. The fourth-order valence-electron chi connectivity index (χ4n) is 3.93. The van der Waals surface area contributed by atoms with Crippen LogP contribution in [0.1, 0.15) is 37.9 Å². The Balaban J connectivity index is 1.64. The molecule has 0 bridgehead atoms. The summed E-state index contributed by atoms with van der Waals surface area (Å²) in [7, 11) is 0. The zero-order chi connectivity index (χ0) is 22.4. The number of piperidine rings is 1. The van der Waals surface area contributed by atoms with Crippen molar-refractivity contribution in [2.45, 2.75) is 39.3 Å². The average Bonchev–Trinajstić information content (AvgIpc) is 2.70. The molecule has 1 aromatic heterocycles. The van der Waals surface area contributed by atoms with E-state index < -0.39 is 11.9 Å². The maximum Gasteiger partial charge on any atom is 0.433 e. The molecule has 1 saturated heterocycles. The minimum Gasteiger partial charge on any atom is -0.362 e. The van der Waals surface area contributed by atoms with Gasteiger partial charge in [-0.25, -0.2) is 4.98 Å². The SMILES string of the molecule is C[C@@H]1C[C@@H](C)CN(c2cc(C(F)(F)F)nc(NC(=S)NCCCc3ccccc3)n2)C1. The molecule has 2 atom stereocenters. The second-order valence-corrected chi connectivity index (χ2v) is 8.66. The number of nitrogens with one attached hydrogen (secondary N) is 2. The predicted octanol–water partition coefficient (Wildman–Crippen LogP) is 4.90. The van der Waals surface area contributed by atoms with E-state index in [-0.39, 0.29) is 16.9 Å². The number of aryl methyl sites for hydroxylation is 1. The smallest absolute Gasteiger partial charge is 0.362 e. The van der Waals surface area contributed by atoms with Gasteiger partial charge in [0.05, 0.1) is 0 Å². The zero-order valence-corrected chi connectivity index (χ0v) is 18.6. The fraction of sp³-hybridized carbons (Fsp3) is 0.500. The van der Waals surface area contributed by atoms with Crippen LogP contribution in [0.25, 0.3) is 0 Å². The van der Waals surface area contributed by atoms with Crippen LogP contribution >= 0.6 is 12.2 Å². The van der Waals surface area contributed by atoms with Crippen molar-refractivity contribution in [1.29, 1.82) is 0 Å². The summed E-state index contributed by atoms with van der Waals surface area (Å²) in [6.07, 6.45) is -1.79. The molecule has 5 nitrogen and oxygen atoms in total. The van der Waals surface area contributed by atoms with Crippen molar-refractivity contribution in [3.8, 4) is 0 Å². The lowest BCUT2D eigenvalue weighted by atomic mass is 9.92. The second-order valence-electron chi connectivity index (χ2n) is 8.25. The van der Waals surface area contributed by atoms with Crippen LogP contribution in [0.5, 0.6) is 0 Å². The Morgan fingerprint density at radius 3 is 2.45 bits per heavy atom. The number of halogens is 3. The number of thiocarbonyl (C=S) groups is 1. The van der Waals surface area contributed by atoms with Crippen LogP contribution in [-0.4, -0.2) is 34.7 Å². The Morgan fingerprint density at radius 2 is 1.81 bits per heavy atom. The Labute approximate surface area is 186 Å². The van der Waals surface area contributed by atoms with E-state index in [2.05, 4.69) is 46.6 Å². The first-order chi connectivity index (χ1) is 14.7. The van der Waals surface area contributed by atoms with E-state index in [1.807, 2.05) is 23.1 Å². The van der Waals surface area contributed by atoms with Crippen molar-refractivity contribution in [1.82, 2.24) is 15.3 Å². The largest absolute Gasteiger partial charge is 0.433 e. The maximum atomic E-state index is 13.4. The van der Waals surface area contributed by atoms with Gasteiger partial charge in [0.2, 0.25) is 5.95 Å². The molecule has 168 valence electrons. The van der Waals surface area contributed by atoms with Gasteiger partial charge >= 0.3 is 6.18 Å². The topological polar surface area (TPSA) is 53.1 Å². The fourth-order valence-corrected chi connectivity index (χ4v) is 4.13. The minimum atomic E-state index is -4.56. The Morgan fingerprint density at radius 1 is 1.13 bits per heavy atom. The summed E-state index contributed by atoms with van der Waals surface area (Å²) in [5.74, 6) is 0.903. The van der Waals surface area contributed by atoms with Gasteiger partial charge in [0.25, 0.3) is 0 Å². The van der Waals surface area contributed by atoms with Crippen molar-refractivity contribution < 1.29 is 13.2 Å². The van der Waals surface area contributed by atoms with Gasteiger partial charge in [-0.3, -0.25) is 0 Å². The van der Waals surface area contributed by atoms with Crippen molar-refractivity contribution in [3.05, 3.63) is 47.7 Å². The number of rotatable bonds is 6. The summed E-state index contributed by atoms with van der Waals surface area (Å²) >= 11 is 5.24. The van der Waals surface area contributed by atoms with Crippen LogP contribution < -0.4 is 15.5 Å². The lowest BCUT2D eigenvalue weighted by molar-refractivity contribution is -0.141. The molecule has 0 radical (unpaired) electrons. The van der Waals surface area contributed by atoms with Gasteiger partial charge in [-0.05, 0) is 48.9 Å². The number of anilines is 2. The van der Waals surface area contributed by atoms with Crippen LogP contribution in [0.2, 0.25) is 0 Å². The Bertz CT molecular complexity index is 865. The highest BCUT2D eigenvalue weighted by molar-refractivity contribution is 7.80. The van der Waals surface area contributed by atoms with Crippen molar-refractivity contribution in [3.63, 3.8) is 0 Å². The summed E-state index contributed by atoms with van der Waals surface area (Å²) in [6.45, 7) is 6.12. The second kappa shape index (κ2) is 10.3. The summed E-state index contributed by atoms with van der Waals surface area (Å²) < 4.78 is 40.3. The molecule has 0 amide bonds. The molecule has 1 aliphatic rings. The summed E-state index contributed by atoms with van der Waals surface area (Å²) in [5.41, 5.74) is 0.247. The lowest BCUT2D eigenvalue weighted by Crippen LogP contribution is -2.39. The minimum absolute atomic E-state index is 0.142. The molecule has 1 aliphatic heterocycles. The number of benzene rings is 1. The summed E-state index contributed by atoms with van der Waals surface area (Å²) in [5, 5.41) is 5.95. The third kappa shape index (κ3) is 7.05. The first-order valence-electron chi connectivity index (χ1n) is 10.5. The Hall–Kier alpha value is -2.42. The number of hydrogen-bond acceptors (Lipinski definition) is 4. The Kier molecular flexibility index (Phi) is 7.69. The normalized spacial score (nSPS) is 19.2. The van der Waals surface area contributed by atoms with E-state index >= 15 is 0 Å². The van der Waals surface area contributed by atoms with Crippen molar-refractivity contribution in [2.24, 2.45) is 11.8 Å². The van der Waals surface area contributed by atoms with E-state index in [1.165, 1.54) is 5.56 Å².